The maximum atomic E-state index is 13.7. The number of aliphatic hydroxyl groups excluding tert-OH is 1. The lowest BCUT2D eigenvalue weighted by Gasteiger charge is -2.35. The van der Waals surface area contributed by atoms with E-state index in [-0.39, 0.29) is 30.7 Å². The molecule has 3 atom stereocenters. The Bertz CT molecular complexity index is 1170. The summed E-state index contributed by atoms with van der Waals surface area (Å²) >= 11 is 1.59. The molecular formula is C29H42N6O4S. The number of rotatable bonds is 9. The van der Waals surface area contributed by atoms with Crippen molar-refractivity contribution in [3.8, 4) is 10.4 Å². The predicted molar refractivity (Wildman–Crippen MR) is 156 cm³/mol. The van der Waals surface area contributed by atoms with Gasteiger partial charge in [0.15, 0.2) is 0 Å². The average Bonchev–Trinajstić information content (AvgIpc) is 3.54. The van der Waals surface area contributed by atoms with Gasteiger partial charge < -0.3 is 30.9 Å². The maximum Gasteiger partial charge on any atom is 0.246 e. The van der Waals surface area contributed by atoms with Crippen LogP contribution in [0.5, 0.6) is 0 Å². The smallest absolute Gasteiger partial charge is 0.246 e. The van der Waals surface area contributed by atoms with Gasteiger partial charge in [0, 0.05) is 58.7 Å². The lowest BCUT2D eigenvalue weighted by molar-refractivity contribution is -0.144. The van der Waals surface area contributed by atoms with Crippen LogP contribution in [0.1, 0.15) is 44.9 Å². The Labute approximate surface area is 240 Å². The summed E-state index contributed by atoms with van der Waals surface area (Å²) in [5, 5.41) is 19.6. The average molecular weight is 571 g/mol. The van der Waals surface area contributed by atoms with Gasteiger partial charge in [-0.2, -0.15) is 0 Å². The lowest BCUT2D eigenvalue weighted by Crippen LogP contribution is -2.58. The minimum absolute atomic E-state index is 0.0586. The molecule has 3 amide bonds. The number of thiazole rings is 1. The van der Waals surface area contributed by atoms with E-state index in [4.69, 9.17) is 0 Å². The molecule has 3 unspecified atom stereocenters. The molecule has 2 aliphatic rings. The molecule has 218 valence electrons. The Morgan fingerprint density at radius 1 is 1.18 bits per heavy atom. The zero-order chi connectivity index (χ0) is 28.9. The van der Waals surface area contributed by atoms with Gasteiger partial charge in [0.1, 0.15) is 12.1 Å². The van der Waals surface area contributed by atoms with Crippen LogP contribution < -0.4 is 16.0 Å². The Morgan fingerprint density at radius 2 is 1.88 bits per heavy atom. The second-order valence-corrected chi connectivity index (χ2v) is 12.6. The van der Waals surface area contributed by atoms with Gasteiger partial charge in [0.05, 0.1) is 22.2 Å². The zero-order valence-corrected chi connectivity index (χ0v) is 24.7. The van der Waals surface area contributed by atoms with E-state index in [0.29, 0.717) is 19.5 Å². The van der Waals surface area contributed by atoms with E-state index < -0.39 is 23.6 Å². The summed E-state index contributed by atoms with van der Waals surface area (Å²) in [4.78, 5) is 48.9. The number of amides is 3. The number of likely N-dealkylation sites (tertiary alicyclic amines) is 1. The van der Waals surface area contributed by atoms with Crippen molar-refractivity contribution in [2.45, 2.75) is 65.3 Å². The van der Waals surface area contributed by atoms with Crippen molar-refractivity contribution in [2.75, 3.05) is 39.3 Å². The largest absolute Gasteiger partial charge is 0.391 e. The fraction of sp³-hybridized carbons (Fsp3) is 0.586. The van der Waals surface area contributed by atoms with Gasteiger partial charge >= 0.3 is 0 Å². The van der Waals surface area contributed by atoms with Crippen molar-refractivity contribution in [3.63, 3.8) is 0 Å². The summed E-state index contributed by atoms with van der Waals surface area (Å²) in [6.45, 7) is 12.3. The van der Waals surface area contributed by atoms with Crippen LogP contribution in [0.15, 0.2) is 29.8 Å². The van der Waals surface area contributed by atoms with Crippen LogP contribution in [0.25, 0.3) is 10.4 Å². The molecule has 0 aliphatic carbocycles. The fourth-order valence-corrected chi connectivity index (χ4v) is 6.02. The molecule has 3 heterocycles. The van der Waals surface area contributed by atoms with Gasteiger partial charge in [-0.25, -0.2) is 4.98 Å². The number of hydrogen-bond acceptors (Lipinski definition) is 8. The van der Waals surface area contributed by atoms with Gasteiger partial charge in [0.25, 0.3) is 0 Å². The number of carbonyl (C=O) groups excluding carboxylic acids is 3. The number of β-amino-alcohol motifs (C(OH)–C–C–N with tert-alkyl or cyclic N) is 1. The quantitative estimate of drug-likeness (QED) is 0.360. The third-order valence-corrected chi connectivity index (χ3v) is 8.55. The number of piperazine rings is 1. The number of nitrogens with zero attached hydrogens (tertiary/aromatic N) is 3. The molecule has 0 bridgehead atoms. The molecule has 4 rings (SSSR count). The first-order chi connectivity index (χ1) is 19.0. The highest BCUT2D eigenvalue weighted by Gasteiger charge is 2.44. The molecule has 11 heteroatoms. The Hall–Kier alpha value is -2.86. The van der Waals surface area contributed by atoms with Gasteiger partial charge in [-0.15, -0.1) is 11.3 Å². The van der Waals surface area contributed by atoms with E-state index in [1.807, 2.05) is 57.5 Å². The zero-order valence-electron chi connectivity index (χ0n) is 23.9. The van der Waals surface area contributed by atoms with Crippen LogP contribution in [-0.4, -0.2) is 95.1 Å². The SMILES string of the molecule is Cc1ncsc1-c1ccc(CNC(=O)C2CC(O)CN2C(=O)C(NC(=O)CCN2CCNCC2)C(C)(C)C)cc1. The van der Waals surface area contributed by atoms with Crippen molar-refractivity contribution in [3.05, 3.63) is 41.0 Å². The first kappa shape index (κ1) is 30.1. The Kier molecular flexibility index (Phi) is 9.94. The van der Waals surface area contributed by atoms with E-state index in [2.05, 4.69) is 25.8 Å². The van der Waals surface area contributed by atoms with E-state index in [1.165, 1.54) is 4.90 Å². The highest BCUT2D eigenvalue weighted by Crippen LogP contribution is 2.28. The first-order valence-electron chi connectivity index (χ1n) is 14.0. The molecular weight excluding hydrogens is 528 g/mol. The standard InChI is InChI=1S/C29H42N6O4S/c1-19-25(40-18-32-19)21-7-5-20(6-8-21)16-31-27(38)23-15-22(36)17-35(23)28(39)26(29(2,3)4)33-24(37)9-12-34-13-10-30-11-14-34/h5-8,18,22-23,26,30,36H,9-17H2,1-4H3,(H,31,38)(H,33,37). The number of aryl methyl sites for hydroxylation is 1. The van der Waals surface area contributed by atoms with Crippen LogP contribution in [0.2, 0.25) is 0 Å². The molecule has 4 N–H and O–H groups in total. The molecule has 0 saturated carbocycles. The number of nitrogens with one attached hydrogen (secondary N) is 3. The molecule has 10 nitrogen and oxygen atoms in total. The second kappa shape index (κ2) is 13.2. The summed E-state index contributed by atoms with van der Waals surface area (Å²) in [6, 6.07) is 6.33. The lowest BCUT2D eigenvalue weighted by atomic mass is 9.85. The van der Waals surface area contributed by atoms with E-state index >= 15 is 0 Å². The van der Waals surface area contributed by atoms with Crippen molar-refractivity contribution in [1.29, 1.82) is 0 Å². The van der Waals surface area contributed by atoms with Crippen LogP contribution >= 0.6 is 11.3 Å². The number of aromatic nitrogens is 1. The van der Waals surface area contributed by atoms with Crippen molar-refractivity contribution in [2.24, 2.45) is 5.41 Å². The molecule has 2 saturated heterocycles. The predicted octanol–water partition coefficient (Wildman–Crippen LogP) is 1.52. The highest BCUT2D eigenvalue weighted by atomic mass is 32.1. The number of aliphatic hydroxyl groups is 1. The summed E-state index contributed by atoms with van der Waals surface area (Å²) in [7, 11) is 0. The van der Waals surface area contributed by atoms with Crippen LogP contribution in [0.3, 0.4) is 0 Å². The molecule has 2 fully saturated rings. The number of carbonyl (C=O) groups is 3. The molecule has 40 heavy (non-hydrogen) atoms. The van der Waals surface area contributed by atoms with Gasteiger partial charge in [-0.05, 0) is 23.5 Å². The van der Waals surface area contributed by atoms with Gasteiger partial charge in [-0.1, -0.05) is 45.0 Å². The number of benzene rings is 1. The first-order valence-corrected chi connectivity index (χ1v) is 14.9. The molecule has 1 aromatic heterocycles. The van der Waals surface area contributed by atoms with E-state index in [9.17, 15) is 19.5 Å². The van der Waals surface area contributed by atoms with E-state index in [1.54, 1.807) is 11.3 Å². The Balaban J connectivity index is 1.36. The molecule has 2 aromatic rings. The number of hydrogen-bond donors (Lipinski definition) is 4. The Morgan fingerprint density at radius 3 is 2.50 bits per heavy atom. The topological polar surface area (TPSA) is 127 Å². The maximum absolute atomic E-state index is 13.7. The fourth-order valence-electron chi connectivity index (χ4n) is 5.21. The van der Waals surface area contributed by atoms with Crippen LogP contribution in [0.4, 0.5) is 0 Å². The van der Waals surface area contributed by atoms with Crippen LogP contribution in [0, 0.1) is 12.3 Å². The normalized spacial score (nSPS) is 20.8. The van der Waals surface area contributed by atoms with Gasteiger partial charge in [0.2, 0.25) is 17.7 Å². The van der Waals surface area contributed by atoms with Crippen molar-refractivity contribution in [1.82, 2.24) is 30.7 Å². The highest BCUT2D eigenvalue weighted by molar-refractivity contribution is 7.13. The molecule has 0 radical (unpaired) electrons. The minimum Gasteiger partial charge on any atom is -0.391 e. The van der Waals surface area contributed by atoms with Crippen molar-refractivity contribution < 1.29 is 19.5 Å². The third-order valence-electron chi connectivity index (χ3n) is 7.58. The molecule has 2 aliphatic heterocycles. The monoisotopic (exact) mass is 570 g/mol. The van der Waals surface area contributed by atoms with Crippen molar-refractivity contribution >= 4 is 29.1 Å². The summed E-state index contributed by atoms with van der Waals surface area (Å²) in [6.07, 6.45) is -0.339. The summed E-state index contributed by atoms with van der Waals surface area (Å²) in [5.41, 5.74) is 4.24. The van der Waals surface area contributed by atoms with Gasteiger partial charge in [-0.3, -0.25) is 14.4 Å². The third kappa shape index (κ3) is 7.66. The van der Waals surface area contributed by atoms with Crippen LogP contribution in [-0.2, 0) is 20.9 Å². The second-order valence-electron chi connectivity index (χ2n) is 11.8. The molecule has 0 spiro atoms. The minimum atomic E-state index is -0.814. The summed E-state index contributed by atoms with van der Waals surface area (Å²) in [5.74, 6) is -0.849. The van der Waals surface area contributed by atoms with E-state index in [0.717, 1.165) is 47.9 Å². The molecule has 1 aromatic carbocycles. The summed E-state index contributed by atoms with van der Waals surface area (Å²) < 4.78 is 0.